The van der Waals surface area contributed by atoms with Gasteiger partial charge in [0.2, 0.25) is 5.91 Å². The number of anilines is 1. The lowest BCUT2D eigenvalue weighted by Crippen LogP contribution is -2.11. The number of hydrogen-bond acceptors (Lipinski definition) is 4. The first kappa shape index (κ1) is 25.0. The second kappa shape index (κ2) is 15.9. The Labute approximate surface area is 177 Å². The lowest BCUT2D eigenvalue weighted by molar-refractivity contribution is -0.138. The highest BCUT2D eigenvalue weighted by Crippen LogP contribution is 2.28. The van der Waals surface area contributed by atoms with Crippen molar-refractivity contribution in [1.82, 2.24) is 0 Å². The SMILES string of the molecule is O=C(O)CCCCCCCCCC(=O)Nc1ccccc1SCCCCC(=O)O. The topological polar surface area (TPSA) is 104 Å². The van der Waals surface area contributed by atoms with Gasteiger partial charge >= 0.3 is 11.9 Å². The fraction of sp³-hybridized carbons (Fsp3) is 0.591. The Morgan fingerprint density at radius 1 is 0.724 bits per heavy atom. The van der Waals surface area contributed by atoms with E-state index in [1.165, 1.54) is 0 Å². The maximum Gasteiger partial charge on any atom is 0.303 e. The number of unbranched alkanes of at least 4 members (excludes halogenated alkanes) is 7. The van der Waals surface area contributed by atoms with Gasteiger partial charge in [-0.3, -0.25) is 14.4 Å². The number of carboxylic acid groups (broad SMARTS) is 2. The molecule has 0 bridgehead atoms. The van der Waals surface area contributed by atoms with Crippen molar-refractivity contribution in [2.24, 2.45) is 0 Å². The van der Waals surface area contributed by atoms with Gasteiger partial charge in [-0.15, -0.1) is 11.8 Å². The zero-order valence-corrected chi connectivity index (χ0v) is 17.8. The van der Waals surface area contributed by atoms with E-state index in [4.69, 9.17) is 10.2 Å². The quantitative estimate of drug-likeness (QED) is 0.224. The molecule has 0 saturated heterocycles. The molecule has 0 unspecified atom stereocenters. The van der Waals surface area contributed by atoms with Gasteiger partial charge in [-0.1, -0.05) is 44.2 Å². The zero-order valence-electron chi connectivity index (χ0n) is 17.0. The normalized spacial score (nSPS) is 10.6. The average molecular weight is 424 g/mol. The third kappa shape index (κ3) is 13.7. The standard InChI is InChI=1S/C22H33NO5S/c24-20(14-6-4-2-1-3-5-7-15-21(25)26)23-18-12-8-9-13-19(18)29-17-11-10-16-22(27)28/h8-9,12-13H,1-7,10-11,14-17H2,(H,23,24)(H,25,26)(H,27,28). The van der Waals surface area contributed by atoms with Crippen LogP contribution in [0.25, 0.3) is 0 Å². The predicted molar refractivity (Wildman–Crippen MR) is 116 cm³/mol. The van der Waals surface area contributed by atoms with Gasteiger partial charge in [-0.2, -0.15) is 0 Å². The molecule has 0 aliphatic rings. The van der Waals surface area contributed by atoms with Crippen molar-refractivity contribution in [2.75, 3.05) is 11.1 Å². The van der Waals surface area contributed by atoms with Crippen LogP contribution in [0.2, 0.25) is 0 Å². The van der Waals surface area contributed by atoms with Gasteiger partial charge in [0.05, 0.1) is 5.69 Å². The van der Waals surface area contributed by atoms with E-state index in [0.29, 0.717) is 12.8 Å². The van der Waals surface area contributed by atoms with E-state index in [-0.39, 0.29) is 18.7 Å². The number of hydrogen-bond donors (Lipinski definition) is 3. The fourth-order valence-electron chi connectivity index (χ4n) is 2.91. The minimum Gasteiger partial charge on any atom is -0.481 e. The molecule has 1 amide bonds. The van der Waals surface area contributed by atoms with Gasteiger partial charge in [-0.25, -0.2) is 0 Å². The van der Waals surface area contributed by atoms with Crippen LogP contribution in [0, 0.1) is 0 Å². The molecule has 162 valence electrons. The van der Waals surface area contributed by atoms with Crippen LogP contribution >= 0.6 is 11.8 Å². The smallest absolute Gasteiger partial charge is 0.303 e. The third-order valence-electron chi connectivity index (χ3n) is 4.50. The van der Waals surface area contributed by atoms with E-state index in [2.05, 4.69) is 5.32 Å². The Kier molecular flexibility index (Phi) is 13.7. The molecule has 0 aliphatic carbocycles. The number of carbonyl (C=O) groups is 3. The van der Waals surface area contributed by atoms with Gasteiger partial charge in [0.25, 0.3) is 0 Å². The van der Waals surface area contributed by atoms with Crippen molar-refractivity contribution in [3.05, 3.63) is 24.3 Å². The fourth-order valence-corrected chi connectivity index (χ4v) is 3.93. The molecule has 0 atom stereocenters. The molecular weight excluding hydrogens is 390 g/mol. The third-order valence-corrected chi connectivity index (χ3v) is 5.66. The van der Waals surface area contributed by atoms with Crippen LogP contribution in [-0.4, -0.2) is 33.8 Å². The molecule has 0 aliphatic heterocycles. The Morgan fingerprint density at radius 2 is 1.24 bits per heavy atom. The van der Waals surface area contributed by atoms with E-state index < -0.39 is 11.9 Å². The lowest BCUT2D eigenvalue weighted by atomic mass is 10.1. The Hall–Kier alpha value is -2.02. The number of rotatable bonds is 17. The molecule has 1 aromatic carbocycles. The number of nitrogens with one attached hydrogen (secondary N) is 1. The van der Waals surface area contributed by atoms with Crippen LogP contribution in [0.4, 0.5) is 5.69 Å². The highest BCUT2D eigenvalue weighted by atomic mass is 32.2. The molecule has 0 spiro atoms. The Balaban J connectivity index is 2.17. The summed E-state index contributed by atoms with van der Waals surface area (Å²) in [6, 6.07) is 7.70. The number of amides is 1. The maximum absolute atomic E-state index is 12.2. The van der Waals surface area contributed by atoms with Crippen molar-refractivity contribution in [3.8, 4) is 0 Å². The molecule has 0 heterocycles. The summed E-state index contributed by atoms with van der Waals surface area (Å²) in [4.78, 5) is 34.2. The maximum atomic E-state index is 12.2. The minimum atomic E-state index is -0.763. The van der Waals surface area contributed by atoms with Crippen LogP contribution in [0.1, 0.15) is 77.0 Å². The molecule has 1 aromatic rings. The van der Waals surface area contributed by atoms with Crippen LogP contribution < -0.4 is 5.32 Å². The highest BCUT2D eigenvalue weighted by Gasteiger charge is 2.07. The van der Waals surface area contributed by atoms with Crippen molar-refractivity contribution in [2.45, 2.75) is 81.9 Å². The van der Waals surface area contributed by atoms with E-state index >= 15 is 0 Å². The van der Waals surface area contributed by atoms with Gasteiger partial charge in [0, 0.05) is 24.2 Å². The van der Waals surface area contributed by atoms with E-state index in [0.717, 1.165) is 67.7 Å². The number of thioether (sulfide) groups is 1. The first-order valence-corrected chi connectivity index (χ1v) is 11.4. The second-order valence-electron chi connectivity index (χ2n) is 7.11. The van der Waals surface area contributed by atoms with Gasteiger partial charge in [-0.05, 0) is 43.6 Å². The molecule has 0 radical (unpaired) electrons. The molecule has 0 aromatic heterocycles. The van der Waals surface area contributed by atoms with Gasteiger partial charge in [0.1, 0.15) is 0 Å². The largest absolute Gasteiger partial charge is 0.481 e. The molecule has 29 heavy (non-hydrogen) atoms. The predicted octanol–water partition coefficient (Wildman–Crippen LogP) is 5.57. The summed E-state index contributed by atoms with van der Waals surface area (Å²) < 4.78 is 0. The number of benzene rings is 1. The second-order valence-corrected chi connectivity index (χ2v) is 8.25. The minimum absolute atomic E-state index is 0.0189. The van der Waals surface area contributed by atoms with Crippen LogP contribution in [0.5, 0.6) is 0 Å². The summed E-state index contributed by atoms with van der Waals surface area (Å²) in [6.45, 7) is 0. The number of aliphatic carboxylic acids is 2. The molecule has 0 saturated carbocycles. The summed E-state index contributed by atoms with van der Waals surface area (Å²) in [5, 5.41) is 20.2. The van der Waals surface area contributed by atoms with E-state index in [1.54, 1.807) is 11.8 Å². The summed E-state index contributed by atoms with van der Waals surface area (Å²) in [6.07, 6.45) is 9.21. The molecule has 7 heteroatoms. The first-order valence-electron chi connectivity index (χ1n) is 10.4. The summed E-state index contributed by atoms with van der Waals surface area (Å²) in [7, 11) is 0. The van der Waals surface area contributed by atoms with Crippen molar-refractivity contribution in [1.29, 1.82) is 0 Å². The number of para-hydroxylation sites is 1. The molecule has 1 rings (SSSR count). The van der Waals surface area contributed by atoms with Gasteiger partial charge < -0.3 is 15.5 Å². The molecular formula is C22H33NO5S. The highest BCUT2D eigenvalue weighted by molar-refractivity contribution is 7.99. The molecule has 6 nitrogen and oxygen atoms in total. The zero-order chi connectivity index (χ0) is 21.3. The van der Waals surface area contributed by atoms with Crippen molar-refractivity contribution >= 4 is 35.3 Å². The Bertz CT molecular complexity index is 635. The van der Waals surface area contributed by atoms with E-state index in [1.807, 2.05) is 24.3 Å². The van der Waals surface area contributed by atoms with E-state index in [9.17, 15) is 14.4 Å². The summed E-state index contributed by atoms with van der Waals surface area (Å²) in [5.41, 5.74) is 0.819. The summed E-state index contributed by atoms with van der Waals surface area (Å²) >= 11 is 1.64. The van der Waals surface area contributed by atoms with Crippen LogP contribution in [-0.2, 0) is 14.4 Å². The molecule has 0 fully saturated rings. The number of carbonyl (C=O) groups excluding carboxylic acids is 1. The number of carboxylic acids is 2. The monoisotopic (exact) mass is 423 g/mol. The summed E-state index contributed by atoms with van der Waals surface area (Å²) in [5.74, 6) is -0.646. The van der Waals surface area contributed by atoms with Gasteiger partial charge in [0.15, 0.2) is 0 Å². The lowest BCUT2D eigenvalue weighted by Gasteiger charge is -2.10. The average Bonchev–Trinajstić information content (AvgIpc) is 2.67. The van der Waals surface area contributed by atoms with Crippen molar-refractivity contribution in [3.63, 3.8) is 0 Å². The first-order chi connectivity index (χ1) is 14.0. The van der Waals surface area contributed by atoms with Crippen LogP contribution in [0.3, 0.4) is 0 Å². The Morgan fingerprint density at radius 3 is 1.86 bits per heavy atom. The van der Waals surface area contributed by atoms with Crippen LogP contribution in [0.15, 0.2) is 29.2 Å². The van der Waals surface area contributed by atoms with Crippen molar-refractivity contribution < 1.29 is 24.6 Å². The molecule has 3 N–H and O–H groups in total.